The average Bonchev–Trinajstić information content (AvgIpc) is 1.77. The van der Waals surface area contributed by atoms with E-state index < -0.39 is 0 Å². The van der Waals surface area contributed by atoms with Crippen LogP contribution in [0.1, 0.15) is 39.5 Å². The fourth-order valence-electron chi connectivity index (χ4n) is 1.50. The van der Waals surface area contributed by atoms with Crippen molar-refractivity contribution in [3.8, 4) is 0 Å². The molecule has 0 radical (unpaired) electrons. The second kappa shape index (κ2) is 2.52. The van der Waals surface area contributed by atoms with Crippen molar-refractivity contribution in [3.63, 3.8) is 0 Å². The van der Waals surface area contributed by atoms with Gasteiger partial charge < -0.3 is 0 Å². The van der Waals surface area contributed by atoms with E-state index in [0.29, 0.717) is 0 Å². The van der Waals surface area contributed by atoms with E-state index >= 15 is 0 Å². The monoisotopic (exact) mass is 112 g/mol. The molecule has 0 bridgehead atoms. The standard InChI is InChI=1S/C8H16/c1-7-5-3-4-6-8(7)2/h7-8H,3-6H2,1-2H3/t7-,8?/m0/s1. The van der Waals surface area contributed by atoms with E-state index in [-0.39, 0.29) is 0 Å². The Hall–Kier alpha value is 0. The van der Waals surface area contributed by atoms with E-state index in [1.165, 1.54) is 25.7 Å². The maximum absolute atomic E-state index is 2.38. The van der Waals surface area contributed by atoms with Crippen LogP contribution in [0.4, 0.5) is 0 Å². The topological polar surface area (TPSA) is 0 Å². The summed E-state index contributed by atoms with van der Waals surface area (Å²) in [7, 11) is 0. The van der Waals surface area contributed by atoms with Crippen molar-refractivity contribution >= 4 is 0 Å². The first-order chi connectivity index (χ1) is 3.80. The molecule has 48 valence electrons. The van der Waals surface area contributed by atoms with Gasteiger partial charge in [0.25, 0.3) is 0 Å². The molecule has 0 aliphatic heterocycles. The number of hydrogen-bond donors (Lipinski definition) is 0. The van der Waals surface area contributed by atoms with Gasteiger partial charge in [0.1, 0.15) is 0 Å². The summed E-state index contributed by atoms with van der Waals surface area (Å²) in [5.41, 5.74) is 0. The van der Waals surface area contributed by atoms with Gasteiger partial charge in [0.05, 0.1) is 0 Å². The van der Waals surface area contributed by atoms with Crippen molar-refractivity contribution < 1.29 is 0 Å². The summed E-state index contributed by atoms with van der Waals surface area (Å²) in [6.07, 6.45) is 5.90. The molecule has 0 heterocycles. The van der Waals surface area contributed by atoms with Crippen LogP contribution >= 0.6 is 0 Å². The lowest BCUT2D eigenvalue weighted by Gasteiger charge is -2.24. The second-order valence-electron chi connectivity index (χ2n) is 3.24. The molecule has 0 aromatic carbocycles. The maximum atomic E-state index is 2.38. The molecule has 0 spiro atoms. The SMILES string of the molecule is CC1CCCC[C@@H]1C. The van der Waals surface area contributed by atoms with Gasteiger partial charge in [-0.3, -0.25) is 0 Å². The molecule has 0 nitrogen and oxygen atoms in total. The van der Waals surface area contributed by atoms with Crippen LogP contribution in [0.3, 0.4) is 0 Å². The van der Waals surface area contributed by atoms with Gasteiger partial charge in [0.2, 0.25) is 0 Å². The Labute approximate surface area is 52.3 Å². The highest BCUT2D eigenvalue weighted by molar-refractivity contribution is 4.67. The van der Waals surface area contributed by atoms with Gasteiger partial charge in [0.15, 0.2) is 0 Å². The maximum Gasteiger partial charge on any atom is -0.0417 e. The van der Waals surface area contributed by atoms with Crippen LogP contribution in [0.2, 0.25) is 0 Å². The molecule has 0 amide bonds. The van der Waals surface area contributed by atoms with E-state index in [0.717, 1.165) is 11.8 Å². The van der Waals surface area contributed by atoms with Gasteiger partial charge in [-0.15, -0.1) is 0 Å². The lowest BCUT2D eigenvalue weighted by atomic mass is 9.82. The van der Waals surface area contributed by atoms with Crippen LogP contribution in [0.25, 0.3) is 0 Å². The Bertz CT molecular complexity index is 56.4. The second-order valence-corrected chi connectivity index (χ2v) is 3.24. The molecule has 1 saturated carbocycles. The fourth-order valence-corrected chi connectivity index (χ4v) is 1.50. The van der Waals surface area contributed by atoms with Crippen LogP contribution in [0.15, 0.2) is 0 Å². The number of rotatable bonds is 0. The van der Waals surface area contributed by atoms with E-state index in [4.69, 9.17) is 0 Å². The molecule has 1 aliphatic rings. The predicted molar refractivity (Wildman–Crippen MR) is 36.8 cm³/mol. The lowest BCUT2D eigenvalue weighted by molar-refractivity contribution is 0.277. The van der Waals surface area contributed by atoms with Crippen molar-refractivity contribution in [2.75, 3.05) is 0 Å². The van der Waals surface area contributed by atoms with Crippen molar-refractivity contribution in [2.45, 2.75) is 39.5 Å². The average molecular weight is 112 g/mol. The van der Waals surface area contributed by atoms with Gasteiger partial charge in [-0.2, -0.15) is 0 Å². The highest BCUT2D eigenvalue weighted by Gasteiger charge is 2.15. The summed E-state index contributed by atoms with van der Waals surface area (Å²) in [6.45, 7) is 4.76. The Balaban J connectivity index is 2.28. The van der Waals surface area contributed by atoms with Gasteiger partial charge in [-0.1, -0.05) is 39.5 Å². The van der Waals surface area contributed by atoms with Gasteiger partial charge >= 0.3 is 0 Å². The van der Waals surface area contributed by atoms with Crippen molar-refractivity contribution in [2.24, 2.45) is 11.8 Å². The van der Waals surface area contributed by atoms with Crippen LogP contribution in [-0.4, -0.2) is 0 Å². The molecular weight excluding hydrogens is 96.1 g/mol. The van der Waals surface area contributed by atoms with Gasteiger partial charge in [-0.25, -0.2) is 0 Å². The van der Waals surface area contributed by atoms with Gasteiger partial charge in [-0.05, 0) is 11.8 Å². The Kier molecular flexibility index (Phi) is 1.93. The molecule has 1 fully saturated rings. The van der Waals surface area contributed by atoms with Crippen LogP contribution in [-0.2, 0) is 0 Å². The minimum atomic E-state index is 1.00. The molecular formula is C8H16. The zero-order chi connectivity index (χ0) is 5.98. The lowest BCUT2D eigenvalue weighted by Crippen LogP contribution is -2.12. The van der Waals surface area contributed by atoms with Crippen LogP contribution in [0.5, 0.6) is 0 Å². The third-order valence-electron chi connectivity index (χ3n) is 2.54. The fraction of sp³-hybridized carbons (Fsp3) is 1.00. The summed E-state index contributed by atoms with van der Waals surface area (Å²) in [5.74, 6) is 2.01. The van der Waals surface area contributed by atoms with Crippen molar-refractivity contribution in [1.29, 1.82) is 0 Å². The normalized spacial score (nSPS) is 39.8. The third kappa shape index (κ3) is 1.24. The van der Waals surface area contributed by atoms with E-state index in [1.807, 2.05) is 0 Å². The Morgan fingerprint density at radius 1 is 0.875 bits per heavy atom. The summed E-state index contributed by atoms with van der Waals surface area (Å²) >= 11 is 0. The molecule has 0 N–H and O–H groups in total. The van der Waals surface area contributed by atoms with Crippen molar-refractivity contribution in [3.05, 3.63) is 0 Å². The van der Waals surface area contributed by atoms with E-state index in [9.17, 15) is 0 Å². The molecule has 1 aliphatic carbocycles. The molecule has 0 heteroatoms. The minimum absolute atomic E-state index is 1.00. The largest absolute Gasteiger partial charge is 0.0623 e. The highest BCUT2D eigenvalue weighted by atomic mass is 14.2. The molecule has 0 saturated heterocycles. The first-order valence-electron chi connectivity index (χ1n) is 3.80. The summed E-state index contributed by atoms with van der Waals surface area (Å²) in [6, 6.07) is 0. The molecule has 2 atom stereocenters. The van der Waals surface area contributed by atoms with E-state index in [1.54, 1.807) is 0 Å². The summed E-state index contributed by atoms with van der Waals surface area (Å²) in [4.78, 5) is 0. The smallest absolute Gasteiger partial charge is 0.0417 e. The van der Waals surface area contributed by atoms with Crippen molar-refractivity contribution in [1.82, 2.24) is 0 Å². The molecule has 0 aromatic rings. The number of hydrogen-bond acceptors (Lipinski definition) is 0. The quantitative estimate of drug-likeness (QED) is 0.452. The first-order valence-corrected chi connectivity index (χ1v) is 3.80. The third-order valence-corrected chi connectivity index (χ3v) is 2.54. The highest BCUT2D eigenvalue weighted by Crippen LogP contribution is 2.28. The predicted octanol–water partition coefficient (Wildman–Crippen LogP) is 2.83. The minimum Gasteiger partial charge on any atom is -0.0623 e. The molecule has 0 aromatic heterocycles. The molecule has 8 heavy (non-hydrogen) atoms. The molecule has 1 unspecified atom stereocenters. The van der Waals surface area contributed by atoms with E-state index in [2.05, 4.69) is 13.8 Å². The Morgan fingerprint density at radius 2 is 1.25 bits per heavy atom. The first kappa shape index (κ1) is 6.12. The molecule has 1 rings (SSSR count). The zero-order valence-electron chi connectivity index (χ0n) is 5.98. The van der Waals surface area contributed by atoms with Crippen LogP contribution < -0.4 is 0 Å². The van der Waals surface area contributed by atoms with Crippen LogP contribution in [0, 0.1) is 11.8 Å². The van der Waals surface area contributed by atoms with Gasteiger partial charge in [0, 0.05) is 0 Å². The summed E-state index contributed by atoms with van der Waals surface area (Å²) < 4.78 is 0. The zero-order valence-corrected chi connectivity index (χ0v) is 5.98. The Morgan fingerprint density at radius 3 is 1.50 bits per heavy atom. The summed E-state index contributed by atoms with van der Waals surface area (Å²) in [5, 5.41) is 0.